The fourth-order valence-corrected chi connectivity index (χ4v) is 6.72. The fraction of sp³-hybridized carbons (Fsp3) is 0.435. The van der Waals surface area contributed by atoms with Crippen LogP contribution in [0.5, 0.6) is 0 Å². The van der Waals surface area contributed by atoms with E-state index in [2.05, 4.69) is 4.90 Å². The zero-order valence-electron chi connectivity index (χ0n) is 18.0. The Morgan fingerprint density at radius 3 is 2.52 bits per heavy atom. The Morgan fingerprint density at radius 2 is 1.94 bits per heavy atom. The first-order chi connectivity index (χ1) is 14.6. The zero-order valence-corrected chi connectivity index (χ0v) is 19.6. The first kappa shape index (κ1) is 22.1. The van der Waals surface area contributed by atoms with Crippen LogP contribution < -0.4 is 10.6 Å². The Morgan fingerprint density at radius 1 is 1.26 bits per heavy atom. The Hall–Kier alpha value is -2.09. The smallest absolute Gasteiger partial charge is 0.244 e. The number of fused-ring (bicyclic) bond motifs is 1. The summed E-state index contributed by atoms with van der Waals surface area (Å²) in [6.45, 7) is 5.02. The molecule has 0 spiro atoms. The molecule has 1 fully saturated rings. The number of sulfonamides is 1. The molecule has 166 valence electrons. The van der Waals surface area contributed by atoms with Crippen LogP contribution in [-0.4, -0.2) is 37.8 Å². The lowest BCUT2D eigenvalue weighted by atomic mass is 10.0. The van der Waals surface area contributed by atoms with E-state index < -0.39 is 21.5 Å². The Kier molecular flexibility index (Phi) is 5.56. The molecule has 1 aliphatic heterocycles. The maximum Gasteiger partial charge on any atom is 0.244 e. The summed E-state index contributed by atoms with van der Waals surface area (Å²) >= 11 is 5.97. The number of anilines is 1. The molecule has 31 heavy (non-hydrogen) atoms. The van der Waals surface area contributed by atoms with Crippen molar-refractivity contribution in [1.29, 1.82) is 0 Å². The van der Waals surface area contributed by atoms with Gasteiger partial charge in [-0.3, -0.25) is 4.79 Å². The lowest BCUT2D eigenvalue weighted by Gasteiger charge is -2.31. The van der Waals surface area contributed by atoms with Crippen LogP contribution in [-0.2, 0) is 27.8 Å². The molecular weight excluding hydrogens is 434 g/mol. The van der Waals surface area contributed by atoms with Crippen molar-refractivity contribution in [2.45, 2.75) is 43.7 Å². The Labute approximate surface area is 189 Å². The highest BCUT2D eigenvalue weighted by atomic mass is 35.5. The topological polar surface area (TPSA) is 83.7 Å². The lowest BCUT2D eigenvalue weighted by molar-refractivity contribution is -0.123. The summed E-state index contributed by atoms with van der Waals surface area (Å²) in [5.74, 6) is -0.582. The van der Waals surface area contributed by atoms with Gasteiger partial charge in [0.25, 0.3) is 0 Å². The third-order valence-corrected chi connectivity index (χ3v) is 8.82. The third kappa shape index (κ3) is 3.73. The van der Waals surface area contributed by atoms with Gasteiger partial charge in [-0.15, -0.1) is 0 Å². The summed E-state index contributed by atoms with van der Waals surface area (Å²) in [4.78, 5) is 15.0. The van der Waals surface area contributed by atoms with Crippen LogP contribution >= 0.6 is 11.6 Å². The summed E-state index contributed by atoms with van der Waals surface area (Å²) in [7, 11) is -1.94. The minimum atomic E-state index is -3.98. The summed E-state index contributed by atoms with van der Waals surface area (Å²) in [6, 6.07) is 12.0. The maximum atomic E-state index is 13.8. The van der Waals surface area contributed by atoms with Gasteiger partial charge in [0.2, 0.25) is 15.9 Å². The van der Waals surface area contributed by atoms with E-state index >= 15 is 0 Å². The van der Waals surface area contributed by atoms with Crippen molar-refractivity contribution < 1.29 is 13.2 Å². The molecule has 1 amide bonds. The van der Waals surface area contributed by atoms with E-state index in [-0.39, 0.29) is 23.3 Å². The Balaban J connectivity index is 1.79. The van der Waals surface area contributed by atoms with Crippen LogP contribution in [0.25, 0.3) is 0 Å². The molecule has 2 aromatic carbocycles. The molecule has 8 heteroatoms. The van der Waals surface area contributed by atoms with E-state index in [1.165, 1.54) is 22.0 Å². The average Bonchev–Trinajstić information content (AvgIpc) is 3.38. The van der Waals surface area contributed by atoms with Gasteiger partial charge in [0.1, 0.15) is 5.54 Å². The third-order valence-electron chi connectivity index (χ3n) is 6.66. The van der Waals surface area contributed by atoms with Crippen LogP contribution in [0.3, 0.4) is 0 Å². The highest BCUT2D eigenvalue weighted by Crippen LogP contribution is 2.55. The van der Waals surface area contributed by atoms with Gasteiger partial charge in [-0.2, -0.15) is 4.31 Å². The molecule has 4 rings (SSSR count). The number of hydrogen-bond acceptors (Lipinski definition) is 4. The van der Waals surface area contributed by atoms with Crippen molar-refractivity contribution in [3.05, 3.63) is 58.6 Å². The van der Waals surface area contributed by atoms with Crippen molar-refractivity contribution in [2.24, 2.45) is 17.6 Å². The van der Waals surface area contributed by atoms with E-state index in [0.29, 0.717) is 11.4 Å². The number of hydrogen-bond donors (Lipinski definition) is 1. The van der Waals surface area contributed by atoms with Gasteiger partial charge in [0.15, 0.2) is 0 Å². The SMILES string of the molecule is CC(C)C1CC1(C(N)=O)N(Cc1ccc2c(c1)CCN2C)S(=O)(=O)c1ccc(Cl)cc1. The standard InChI is InChI=1S/C23H28ClN3O3S/c1-15(2)20-13-23(20,22(25)28)27(31(29,30)19-7-5-18(24)6-8-19)14-16-4-9-21-17(12-16)10-11-26(21)3/h4-9,12,15,20H,10-11,13-14H2,1-3H3,(H2,25,28). The molecule has 0 saturated heterocycles. The van der Waals surface area contributed by atoms with E-state index in [1.54, 1.807) is 12.1 Å². The van der Waals surface area contributed by atoms with Gasteiger partial charge in [-0.25, -0.2) is 8.42 Å². The van der Waals surface area contributed by atoms with Gasteiger partial charge >= 0.3 is 0 Å². The zero-order chi connectivity index (χ0) is 22.6. The second-order valence-corrected chi connectivity index (χ2v) is 11.2. The summed E-state index contributed by atoms with van der Waals surface area (Å²) in [6.07, 6.45) is 1.35. The molecule has 0 bridgehead atoms. The second-order valence-electron chi connectivity index (χ2n) is 8.94. The number of nitrogens with two attached hydrogens (primary N) is 1. The highest BCUT2D eigenvalue weighted by molar-refractivity contribution is 7.89. The minimum absolute atomic E-state index is 0.0914. The van der Waals surface area contributed by atoms with E-state index in [0.717, 1.165) is 24.2 Å². The Bertz CT molecular complexity index is 1120. The van der Waals surface area contributed by atoms with Gasteiger partial charge in [0, 0.05) is 30.8 Å². The normalized spacial score (nSPS) is 22.8. The highest BCUT2D eigenvalue weighted by Gasteiger charge is 2.66. The first-order valence-electron chi connectivity index (χ1n) is 10.5. The average molecular weight is 462 g/mol. The summed E-state index contributed by atoms with van der Waals surface area (Å²) in [5, 5.41) is 0.448. The number of primary amides is 1. The van der Waals surface area contributed by atoms with Crippen molar-refractivity contribution >= 4 is 33.2 Å². The molecule has 1 aliphatic carbocycles. The van der Waals surface area contributed by atoms with Gasteiger partial charge < -0.3 is 10.6 Å². The van der Waals surface area contributed by atoms with Crippen LogP contribution in [0, 0.1) is 11.8 Å². The molecule has 2 aliphatic rings. The van der Waals surface area contributed by atoms with Gasteiger partial charge in [-0.05, 0) is 66.1 Å². The number of benzene rings is 2. The van der Waals surface area contributed by atoms with Crippen molar-refractivity contribution in [3.8, 4) is 0 Å². The summed E-state index contributed by atoms with van der Waals surface area (Å²) < 4.78 is 28.8. The number of likely N-dealkylation sites (N-methyl/N-ethyl adjacent to an activating group) is 1. The van der Waals surface area contributed by atoms with Gasteiger partial charge in [-0.1, -0.05) is 37.6 Å². The van der Waals surface area contributed by atoms with E-state index in [1.807, 2.05) is 39.1 Å². The fourth-order valence-electron chi connectivity index (χ4n) is 4.82. The second kappa shape index (κ2) is 7.80. The maximum absolute atomic E-state index is 13.8. The number of halogens is 1. The molecule has 1 heterocycles. The molecule has 2 unspecified atom stereocenters. The minimum Gasteiger partial charge on any atom is -0.374 e. The summed E-state index contributed by atoms with van der Waals surface area (Å²) in [5.41, 5.74) is 7.83. The van der Waals surface area contributed by atoms with Crippen LogP contribution in [0.15, 0.2) is 47.4 Å². The molecule has 2 aromatic rings. The molecule has 0 radical (unpaired) electrons. The molecular formula is C23H28ClN3O3S. The van der Waals surface area contributed by atoms with Gasteiger partial charge in [0.05, 0.1) is 4.90 Å². The molecule has 2 N–H and O–H groups in total. The largest absolute Gasteiger partial charge is 0.374 e. The quantitative estimate of drug-likeness (QED) is 0.684. The number of amides is 1. The first-order valence-corrected chi connectivity index (χ1v) is 12.3. The van der Waals surface area contributed by atoms with Crippen LogP contribution in [0.1, 0.15) is 31.4 Å². The monoisotopic (exact) mass is 461 g/mol. The number of rotatable bonds is 7. The van der Waals surface area contributed by atoms with Crippen molar-refractivity contribution in [2.75, 3.05) is 18.5 Å². The van der Waals surface area contributed by atoms with Crippen LogP contribution in [0.2, 0.25) is 5.02 Å². The predicted octanol–water partition coefficient (Wildman–Crippen LogP) is 3.42. The van der Waals surface area contributed by atoms with Crippen molar-refractivity contribution in [3.63, 3.8) is 0 Å². The number of carbonyl (C=O) groups is 1. The van der Waals surface area contributed by atoms with E-state index in [9.17, 15) is 13.2 Å². The molecule has 6 nitrogen and oxygen atoms in total. The molecule has 0 aromatic heterocycles. The van der Waals surface area contributed by atoms with Crippen LogP contribution in [0.4, 0.5) is 5.69 Å². The van der Waals surface area contributed by atoms with E-state index in [4.69, 9.17) is 17.3 Å². The number of carbonyl (C=O) groups excluding carboxylic acids is 1. The van der Waals surface area contributed by atoms with Crippen molar-refractivity contribution in [1.82, 2.24) is 4.31 Å². The molecule has 2 atom stereocenters. The molecule has 1 saturated carbocycles. The predicted molar refractivity (Wildman–Crippen MR) is 122 cm³/mol. The number of nitrogens with zero attached hydrogens (tertiary/aromatic N) is 2. The lowest BCUT2D eigenvalue weighted by Crippen LogP contribution is -2.51.